The van der Waals surface area contributed by atoms with Crippen LogP contribution in [0.4, 0.5) is 0 Å². The number of carbonyl (C=O) groups excluding carboxylic acids is 1. The number of hydrogen-bond acceptors (Lipinski definition) is 3. The van der Waals surface area contributed by atoms with Crippen LogP contribution in [0.25, 0.3) is 0 Å². The van der Waals surface area contributed by atoms with Crippen LogP contribution in [0.2, 0.25) is 0 Å². The molecule has 0 aliphatic rings. The first-order valence-electron chi connectivity index (χ1n) is 5.57. The van der Waals surface area contributed by atoms with Crippen LogP contribution in [0.3, 0.4) is 0 Å². The molecule has 1 amide bonds. The summed E-state index contributed by atoms with van der Waals surface area (Å²) in [6.45, 7) is 6.03. The van der Waals surface area contributed by atoms with Gasteiger partial charge in [0.15, 0.2) is 0 Å². The van der Waals surface area contributed by atoms with Gasteiger partial charge in [0.05, 0.1) is 0 Å². The van der Waals surface area contributed by atoms with E-state index in [1.807, 2.05) is 6.92 Å². The number of nitrogens with two attached hydrogens (primary N) is 1. The molecule has 0 spiro atoms. The van der Waals surface area contributed by atoms with Gasteiger partial charge in [0.1, 0.15) is 5.54 Å². The van der Waals surface area contributed by atoms with Crippen molar-refractivity contribution in [3.8, 4) is 0 Å². The summed E-state index contributed by atoms with van der Waals surface area (Å²) in [5.74, 6) is -0.214. The minimum Gasteiger partial charge on any atom is -0.353 e. The molecule has 94 valence electrons. The molecule has 0 fully saturated rings. The molecule has 1 aromatic rings. The Morgan fingerprint density at radius 3 is 2.71 bits per heavy atom. The average molecular weight is 237 g/mol. The fourth-order valence-electron chi connectivity index (χ4n) is 1.55. The Balaban J connectivity index is 3.04. The lowest BCUT2D eigenvalue weighted by Gasteiger charge is -2.26. The van der Waals surface area contributed by atoms with Gasteiger partial charge in [-0.2, -0.15) is 0 Å². The molecule has 3 N–H and O–H groups in total. The molecule has 0 unspecified atom stereocenters. The first kappa shape index (κ1) is 13.4. The topological polar surface area (TPSA) is 77.1 Å². The van der Waals surface area contributed by atoms with Crippen molar-refractivity contribution in [1.29, 1.82) is 0 Å². The molecule has 0 saturated carbocycles. The van der Waals surface area contributed by atoms with E-state index in [1.165, 1.54) is 10.6 Å². The number of amides is 1. The summed E-state index contributed by atoms with van der Waals surface area (Å²) in [5.41, 5.74) is 5.11. The Hall–Kier alpha value is -1.62. The standard InChI is InChI=1S/C12H19N3O2/c1-9-4-7-15(10(16)8-9)12(2,3)11(17)14-6-5-13/h4,7-8H,5-6,13H2,1-3H3,(H,14,17). The van der Waals surface area contributed by atoms with Crippen molar-refractivity contribution in [3.05, 3.63) is 34.2 Å². The second kappa shape index (κ2) is 5.14. The number of aryl methyl sites for hydroxylation is 1. The maximum atomic E-state index is 11.9. The Morgan fingerprint density at radius 1 is 1.53 bits per heavy atom. The minimum atomic E-state index is -0.917. The second-order valence-electron chi connectivity index (χ2n) is 4.52. The molecule has 0 radical (unpaired) electrons. The van der Waals surface area contributed by atoms with Crippen LogP contribution in [0.5, 0.6) is 0 Å². The number of pyridine rings is 1. The predicted molar refractivity (Wildman–Crippen MR) is 66.8 cm³/mol. The van der Waals surface area contributed by atoms with Crippen LogP contribution in [-0.4, -0.2) is 23.6 Å². The zero-order chi connectivity index (χ0) is 13.1. The van der Waals surface area contributed by atoms with Crippen LogP contribution >= 0.6 is 0 Å². The number of rotatable bonds is 4. The molecule has 0 saturated heterocycles. The van der Waals surface area contributed by atoms with E-state index < -0.39 is 5.54 Å². The highest BCUT2D eigenvalue weighted by Gasteiger charge is 2.29. The molecule has 5 nitrogen and oxygen atoms in total. The largest absolute Gasteiger partial charge is 0.353 e. The van der Waals surface area contributed by atoms with Gasteiger partial charge in [-0.05, 0) is 32.4 Å². The number of aromatic nitrogens is 1. The molecule has 0 bridgehead atoms. The van der Waals surface area contributed by atoms with Crippen molar-refractivity contribution in [2.24, 2.45) is 5.73 Å². The van der Waals surface area contributed by atoms with E-state index in [1.54, 1.807) is 26.1 Å². The molecule has 1 rings (SSSR count). The highest BCUT2D eigenvalue weighted by atomic mass is 16.2. The number of nitrogens with one attached hydrogen (secondary N) is 1. The quantitative estimate of drug-likeness (QED) is 0.772. The molecular formula is C12H19N3O2. The molecular weight excluding hydrogens is 218 g/mol. The Morgan fingerprint density at radius 2 is 2.18 bits per heavy atom. The van der Waals surface area contributed by atoms with Crippen molar-refractivity contribution < 1.29 is 4.79 Å². The van der Waals surface area contributed by atoms with Gasteiger partial charge >= 0.3 is 0 Å². The van der Waals surface area contributed by atoms with Gasteiger partial charge in [0, 0.05) is 25.4 Å². The van der Waals surface area contributed by atoms with Crippen molar-refractivity contribution >= 4 is 5.91 Å². The number of nitrogens with zero attached hydrogens (tertiary/aromatic N) is 1. The Bertz CT molecular complexity index is 463. The molecule has 0 aliphatic heterocycles. The smallest absolute Gasteiger partial charge is 0.251 e. The maximum absolute atomic E-state index is 11.9. The van der Waals surface area contributed by atoms with Gasteiger partial charge in [-0.3, -0.25) is 9.59 Å². The van der Waals surface area contributed by atoms with E-state index in [4.69, 9.17) is 5.73 Å². The zero-order valence-electron chi connectivity index (χ0n) is 10.5. The van der Waals surface area contributed by atoms with Crippen molar-refractivity contribution in [2.45, 2.75) is 26.3 Å². The van der Waals surface area contributed by atoms with Gasteiger partial charge in [0.25, 0.3) is 5.56 Å². The molecule has 0 aromatic carbocycles. The zero-order valence-corrected chi connectivity index (χ0v) is 10.5. The summed E-state index contributed by atoms with van der Waals surface area (Å²) >= 11 is 0. The number of carbonyl (C=O) groups is 1. The lowest BCUT2D eigenvalue weighted by Crippen LogP contribution is -2.49. The van der Waals surface area contributed by atoms with Crippen molar-refractivity contribution in [1.82, 2.24) is 9.88 Å². The van der Waals surface area contributed by atoms with E-state index >= 15 is 0 Å². The van der Waals surface area contributed by atoms with Crippen molar-refractivity contribution in [3.63, 3.8) is 0 Å². The maximum Gasteiger partial charge on any atom is 0.251 e. The molecule has 17 heavy (non-hydrogen) atoms. The van der Waals surface area contributed by atoms with E-state index in [0.717, 1.165) is 5.56 Å². The molecule has 1 aromatic heterocycles. The lowest BCUT2D eigenvalue weighted by atomic mass is 10.0. The van der Waals surface area contributed by atoms with Crippen LogP contribution in [0.1, 0.15) is 19.4 Å². The van der Waals surface area contributed by atoms with E-state index in [-0.39, 0.29) is 11.5 Å². The molecule has 1 heterocycles. The normalized spacial score (nSPS) is 11.3. The molecule has 0 aliphatic carbocycles. The summed E-state index contributed by atoms with van der Waals surface area (Å²) in [6.07, 6.45) is 1.64. The summed E-state index contributed by atoms with van der Waals surface area (Å²) < 4.78 is 1.42. The van der Waals surface area contributed by atoms with E-state index in [2.05, 4.69) is 5.32 Å². The summed E-state index contributed by atoms with van der Waals surface area (Å²) in [4.78, 5) is 23.8. The number of hydrogen-bond donors (Lipinski definition) is 2. The monoisotopic (exact) mass is 237 g/mol. The van der Waals surface area contributed by atoms with Crippen molar-refractivity contribution in [2.75, 3.05) is 13.1 Å². The average Bonchev–Trinajstić information content (AvgIpc) is 2.25. The van der Waals surface area contributed by atoms with Gasteiger partial charge < -0.3 is 15.6 Å². The first-order valence-corrected chi connectivity index (χ1v) is 5.57. The molecule has 5 heteroatoms. The fraction of sp³-hybridized carbons (Fsp3) is 0.500. The van der Waals surface area contributed by atoms with E-state index in [9.17, 15) is 9.59 Å². The summed E-state index contributed by atoms with van der Waals surface area (Å²) in [6, 6.07) is 3.32. The van der Waals surface area contributed by atoms with Crippen LogP contribution in [0.15, 0.2) is 23.1 Å². The van der Waals surface area contributed by atoms with Crippen LogP contribution in [-0.2, 0) is 10.3 Å². The van der Waals surface area contributed by atoms with Gasteiger partial charge in [-0.25, -0.2) is 0 Å². The highest BCUT2D eigenvalue weighted by molar-refractivity contribution is 5.83. The van der Waals surface area contributed by atoms with Gasteiger partial charge in [-0.1, -0.05) is 0 Å². The minimum absolute atomic E-state index is 0.183. The summed E-state index contributed by atoms with van der Waals surface area (Å²) in [7, 11) is 0. The summed E-state index contributed by atoms with van der Waals surface area (Å²) in [5, 5.41) is 2.69. The third kappa shape index (κ3) is 2.94. The van der Waals surface area contributed by atoms with Gasteiger partial charge in [-0.15, -0.1) is 0 Å². The van der Waals surface area contributed by atoms with Crippen LogP contribution < -0.4 is 16.6 Å². The Labute approximate surface area is 101 Å². The van der Waals surface area contributed by atoms with Gasteiger partial charge in [0.2, 0.25) is 5.91 Å². The lowest BCUT2D eigenvalue weighted by molar-refractivity contribution is -0.128. The second-order valence-corrected chi connectivity index (χ2v) is 4.52. The predicted octanol–water partition coefficient (Wildman–Crippen LogP) is -0.0333. The molecule has 0 atom stereocenters. The first-order chi connectivity index (χ1) is 7.89. The van der Waals surface area contributed by atoms with E-state index in [0.29, 0.717) is 13.1 Å². The third-order valence-corrected chi connectivity index (χ3v) is 2.66. The third-order valence-electron chi connectivity index (χ3n) is 2.66. The highest BCUT2D eigenvalue weighted by Crippen LogP contribution is 2.12. The Kier molecular flexibility index (Phi) is 4.07. The fourth-order valence-corrected chi connectivity index (χ4v) is 1.55. The van der Waals surface area contributed by atoms with Crippen LogP contribution in [0, 0.1) is 6.92 Å². The SMILES string of the molecule is Cc1ccn(C(C)(C)C(=O)NCCN)c(=O)c1.